The third kappa shape index (κ3) is 7.13. The van der Waals surface area contributed by atoms with Crippen LogP contribution in [0.15, 0.2) is 214 Å². The number of para-hydroxylation sites is 2. The number of hydrogen-bond donors (Lipinski definition) is 2. The first-order valence-corrected chi connectivity index (χ1v) is 21.3. The van der Waals surface area contributed by atoms with Crippen molar-refractivity contribution in [2.45, 2.75) is 23.9 Å². The molecule has 10 rings (SSSR count). The summed E-state index contributed by atoms with van der Waals surface area (Å²) in [5, 5.41) is 15.7. The normalized spacial score (nSPS) is 12.1. The quantitative estimate of drug-likeness (QED) is 0.112. The van der Waals surface area contributed by atoms with Gasteiger partial charge in [-0.05, 0) is 71.8 Å². The van der Waals surface area contributed by atoms with Crippen LogP contribution >= 0.6 is 25.3 Å². The van der Waals surface area contributed by atoms with E-state index in [4.69, 9.17) is 45.4 Å². The van der Waals surface area contributed by atoms with Crippen LogP contribution in [0.4, 0.5) is 11.4 Å². The van der Waals surface area contributed by atoms with Gasteiger partial charge in [-0.2, -0.15) is 10.2 Å². The summed E-state index contributed by atoms with van der Waals surface area (Å²) in [4.78, 5) is 11.4. The van der Waals surface area contributed by atoms with Crippen LogP contribution in [0.2, 0.25) is 0 Å². The Morgan fingerprint density at radius 3 is 1.13 bits per heavy atom. The summed E-state index contributed by atoms with van der Waals surface area (Å²) in [6.07, 6.45) is 0. The summed E-state index contributed by atoms with van der Waals surface area (Å²) < 4.78 is 3.77. The van der Waals surface area contributed by atoms with Gasteiger partial charge < -0.3 is 0 Å². The SMILES string of the molecule is Cc1nn(-c2ccccc2)c(S)c1C(=Nc1ccc2ccccc2c1-c1c(N=C(c2ccccc2)c2c(C)nn(-c3ccccc3)c2S)ccc2ccccc12)c1ccccc1. The fourth-order valence-corrected chi connectivity index (χ4v) is 9.13. The van der Waals surface area contributed by atoms with Crippen molar-refractivity contribution in [3.63, 3.8) is 0 Å². The van der Waals surface area contributed by atoms with Crippen LogP contribution in [0.5, 0.6) is 0 Å². The zero-order valence-electron chi connectivity index (χ0n) is 34.1. The lowest BCUT2D eigenvalue weighted by molar-refractivity contribution is 0.796. The van der Waals surface area contributed by atoms with Gasteiger partial charge in [0, 0.05) is 22.3 Å². The van der Waals surface area contributed by atoms with Crippen LogP contribution in [0.1, 0.15) is 33.6 Å². The van der Waals surface area contributed by atoms with Crippen molar-refractivity contribution in [3.8, 4) is 22.5 Å². The van der Waals surface area contributed by atoms with Crippen molar-refractivity contribution < 1.29 is 0 Å². The van der Waals surface area contributed by atoms with E-state index in [1.165, 1.54) is 0 Å². The Morgan fingerprint density at radius 1 is 0.403 bits per heavy atom. The van der Waals surface area contributed by atoms with Gasteiger partial charge in [-0.15, -0.1) is 25.3 Å². The van der Waals surface area contributed by atoms with E-state index in [0.717, 1.165) is 100 Å². The van der Waals surface area contributed by atoms with E-state index in [2.05, 4.69) is 97.1 Å². The Bertz CT molecular complexity index is 3090. The maximum absolute atomic E-state index is 5.70. The summed E-state index contributed by atoms with van der Waals surface area (Å²) in [7, 11) is 0. The molecule has 0 atom stereocenters. The van der Waals surface area contributed by atoms with Gasteiger partial charge in [-0.25, -0.2) is 19.3 Å². The van der Waals surface area contributed by atoms with Crippen molar-refractivity contribution in [2.75, 3.05) is 0 Å². The second kappa shape index (κ2) is 16.7. The van der Waals surface area contributed by atoms with Crippen LogP contribution in [0.25, 0.3) is 44.0 Å². The standard InChI is InChI=1S/C54H40N6S2/c1-35-47(53(61)59(57-35)41-25-11-5-12-26-41)51(39-21-7-3-8-22-39)55-45-33-31-37-19-15-17-29-43(37)49(45)50-44-30-18-16-20-38(44)32-34-46(50)56-52(40-23-9-4-10-24-40)48-36(2)58-60(54(48)62)42-27-13-6-14-28-42/h3-34,61-62H,1-2H3. The molecular formula is C54H40N6S2. The Morgan fingerprint density at radius 2 is 0.742 bits per heavy atom. The molecule has 0 aliphatic heterocycles. The molecule has 0 saturated carbocycles. The molecule has 8 heteroatoms. The van der Waals surface area contributed by atoms with Crippen molar-refractivity contribution in [2.24, 2.45) is 9.98 Å². The number of fused-ring (bicyclic) bond motifs is 2. The molecule has 0 unspecified atom stereocenters. The van der Waals surface area contributed by atoms with Gasteiger partial charge in [-0.1, -0.05) is 158 Å². The predicted octanol–water partition coefficient (Wildman–Crippen LogP) is 13.6. The minimum Gasteiger partial charge on any atom is -0.247 e. The van der Waals surface area contributed by atoms with E-state index in [1.807, 2.05) is 120 Å². The van der Waals surface area contributed by atoms with Crippen LogP contribution < -0.4 is 0 Å². The van der Waals surface area contributed by atoms with Gasteiger partial charge in [0.1, 0.15) is 10.1 Å². The van der Waals surface area contributed by atoms with Crippen LogP contribution in [0.3, 0.4) is 0 Å². The second-order valence-corrected chi connectivity index (χ2v) is 15.9. The molecule has 0 spiro atoms. The third-order valence-corrected chi connectivity index (χ3v) is 12.0. The highest BCUT2D eigenvalue weighted by atomic mass is 32.1. The van der Waals surface area contributed by atoms with Crippen LogP contribution in [0, 0.1) is 13.8 Å². The minimum absolute atomic E-state index is 0.704. The molecule has 0 amide bonds. The van der Waals surface area contributed by atoms with E-state index >= 15 is 0 Å². The molecule has 0 bridgehead atoms. The Balaban J connectivity index is 1.28. The Hall–Kier alpha value is -7.26. The number of aryl methyl sites for hydroxylation is 2. The van der Waals surface area contributed by atoms with Gasteiger partial charge in [0.25, 0.3) is 0 Å². The number of rotatable bonds is 9. The Kier molecular flexibility index (Phi) is 10.5. The van der Waals surface area contributed by atoms with E-state index in [9.17, 15) is 0 Å². The molecule has 0 aliphatic carbocycles. The number of nitrogens with zero attached hydrogens (tertiary/aromatic N) is 6. The van der Waals surface area contributed by atoms with Gasteiger partial charge >= 0.3 is 0 Å². The molecule has 6 nitrogen and oxygen atoms in total. The zero-order chi connectivity index (χ0) is 42.2. The minimum atomic E-state index is 0.704. The lowest BCUT2D eigenvalue weighted by Gasteiger charge is -2.18. The summed E-state index contributed by atoms with van der Waals surface area (Å²) in [5.74, 6) is 0. The highest BCUT2D eigenvalue weighted by molar-refractivity contribution is 7.80. The number of hydrogen-bond acceptors (Lipinski definition) is 6. The molecule has 0 N–H and O–H groups in total. The maximum atomic E-state index is 5.70. The lowest BCUT2D eigenvalue weighted by Crippen LogP contribution is -2.06. The molecule has 0 fully saturated rings. The molecule has 2 heterocycles. The van der Waals surface area contributed by atoms with E-state index < -0.39 is 0 Å². The first kappa shape index (κ1) is 38.9. The monoisotopic (exact) mass is 836 g/mol. The molecule has 298 valence electrons. The topological polar surface area (TPSA) is 60.4 Å². The van der Waals surface area contributed by atoms with E-state index in [-0.39, 0.29) is 0 Å². The second-order valence-electron chi connectivity index (χ2n) is 15.1. The zero-order valence-corrected chi connectivity index (χ0v) is 35.8. The average molecular weight is 837 g/mol. The van der Waals surface area contributed by atoms with Crippen molar-refractivity contribution >= 4 is 69.6 Å². The van der Waals surface area contributed by atoms with Gasteiger partial charge in [0.05, 0.1) is 56.7 Å². The average Bonchev–Trinajstić information content (AvgIpc) is 3.79. The molecule has 2 aromatic heterocycles. The maximum Gasteiger partial charge on any atom is 0.107 e. The summed E-state index contributed by atoms with van der Waals surface area (Å²) >= 11 is 10.3. The van der Waals surface area contributed by atoms with E-state index in [1.54, 1.807) is 0 Å². The number of benzene rings is 8. The number of aromatic nitrogens is 4. The van der Waals surface area contributed by atoms with Gasteiger partial charge in [0.15, 0.2) is 0 Å². The summed E-state index contributed by atoms with van der Waals surface area (Å²) in [6, 6.07) is 66.4. The smallest absolute Gasteiger partial charge is 0.107 e. The van der Waals surface area contributed by atoms with Crippen LogP contribution in [-0.2, 0) is 0 Å². The van der Waals surface area contributed by atoms with Crippen molar-refractivity contribution in [3.05, 3.63) is 228 Å². The molecule has 10 aromatic rings. The predicted molar refractivity (Wildman–Crippen MR) is 261 cm³/mol. The molecule has 8 aromatic carbocycles. The van der Waals surface area contributed by atoms with Gasteiger partial charge in [-0.3, -0.25) is 0 Å². The highest BCUT2D eigenvalue weighted by Gasteiger charge is 2.25. The van der Waals surface area contributed by atoms with Crippen molar-refractivity contribution in [1.29, 1.82) is 0 Å². The number of thiol groups is 2. The largest absolute Gasteiger partial charge is 0.247 e. The van der Waals surface area contributed by atoms with E-state index in [0.29, 0.717) is 10.1 Å². The van der Waals surface area contributed by atoms with Crippen LogP contribution in [-0.4, -0.2) is 31.0 Å². The van der Waals surface area contributed by atoms with Gasteiger partial charge in [0.2, 0.25) is 0 Å². The first-order valence-electron chi connectivity index (χ1n) is 20.5. The summed E-state index contributed by atoms with van der Waals surface area (Å²) in [6.45, 7) is 4.04. The molecule has 0 saturated heterocycles. The Labute approximate surface area is 371 Å². The fourth-order valence-electron chi connectivity index (χ4n) is 8.28. The number of aliphatic imine (C=N–C) groups is 2. The molecular weight excluding hydrogens is 797 g/mol. The fraction of sp³-hybridized carbons (Fsp3) is 0.0370. The lowest BCUT2D eigenvalue weighted by atomic mass is 9.90. The first-order chi connectivity index (χ1) is 30.4. The third-order valence-electron chi connectivity index (χ3n) is 11.2. The van der Waals surface area contributed by atoms with Crippen molar-refractivity contribution in [1.82, 2.24) is 19.6 Å². The molecule has 0 aliphatic rings. The summed E-state index contributed by atoms with van der Waals surface area (Å²) in [5.41, 5.74) is 12.2. The molecule has 62 heavy (non-hydrogen) atoms. The highest BCUT2D eigenvalue weighted by Crippen LogP contribution is 2.47. The molecule has 0 radical (unpaired) electrons.